The van der Waals surface area contributed by atoms with Gasteiger partial charge in [-0.15, -0.1) is 0 Å². The Morgan fingerprint density at radius 2 is 1.22 bits per heavy atom. The Bertz CT molecular complexity index is 1180. The zero-order chi connectivity index (χ0) is 22.3. The van der Waals surface area contributed by atoms with Gasteiger partial charge in [0.1, 0.15) is 0 Å². The molecule has 0 saturated carbocycles. The lowest BCUT2D eigenvalue weighted by Crippen LogP contribution is -2.34. The van der Waals surface area contributed by atoms with Crippen LogP contribution in [0.2, 0.25) is 0 Å². The standard InChI is InChI=1S/C27H24N2O3/c28-25-16-23-14-8-7-13-22(23)15-24(25)27(31)32-19-26(30)29(17-20-9-3-1-4-10-20)18-21-11-5-2-6-12-21/h1-16H,17-19,28H2. The number of esters is 1. The van der Waals surface area contributed by atoms with E-state index in [0.717, 1.165) is 21.9 Å². The number of fused-ring (bicyclic) bond motifs is 1. The van der Waals surface area contributed by atoms with Gasteiger partial charge in [-0.25, -0.2) is 4.79 Å². The van der Waals surface area contributed by atoms with Gasteiger partial charge >= 0.3 is 5.97 Å². The van der Waals surface area contributed by atoms with Crippen LogP contribution in [0.5, 0.6) is 0 Å². The minimum absolute atomic E-state index is 0.258. The number of amides is 1. The monoisotopic (exact) mass is 424 g/mol. The Morgan fingerprint density at radius 1 is 0.719 bits per heavy atom. The lowest BCUT2D eigenvalue weighted by molar-refractivity contribution is -0.135. The SMILES string of the molecule is Nc1cc2ccccc2cc1C(=O)OCC(=O)N(Cc1ccccc1)Cc1ccccc1. The Labute approximate surface area is 187 Å². The Morgan fingerprint density at radius 3 is 1.78 bits per heavy atom. The average molecular weight is 425 g/mol. The van der Waals surface area contributed by atoms with Crippen molar-refractivity contribution < 1.29 is 14.3 Å². The first-order valence-corrected chi connectivity index (χ1v) is 10.4. The number of nitrogens with zero attached hydrogens (tertiary/aromatic N) is 1. The topological polar surface area (TPSA) is 72.6 Å². The van der Waals surface area contributed by atoms with E-state index in [4.69, 9.17) is 10.5 Å². The van der Waals surface area contributed by atoms with Crippen LogP contribution in [0, 0.1) is 0 Å². The minimum Gasteiger partial charge on any atom is -0.452 e. The molecule has 0 atom stereocenters. The van der Waals surface area contributed by atoms with Gasteiger partial charge in [-0.3, -0.25) is 4.79 Å². The molecule has 4 aromatic carbocycles. The van der Waals surface area contributed by atoms with E-state index in [2.05, 4.69) is 0 Å². The van der Waals surface area contributed by atoms with Crippen molar-refractivity contribution in [2.24, 2.45) is 0 Å². The van der Waals surface area contributed by atoms with Gasteiger partial charge in [0.25, 0.3) is 5.91 Å². The number of nitrogen functional groups attached to an aromatic ring is 1. The molecule has 0 heterocycles. The molecule has 0 fully saturated rings. The van der Waals surface area contributed by atoms with E-state index in [1.165, 1.54) is 0 Å². The van der Waals surface area contributed by atoms with E-state index < -0.39 is 5.97 Å². The summed E-state index contributed by atoms with van der Waals surface area (Å²) in [5.74, 6) is -0.883. The van der Waals surface area contributed by atoms with Crippen LogP contribution in [0.4, 0.5) is 5.69 Å². The molecule has 0 spiro atoms. The maximum atomic E-state index is 13.0. The van der Waals surface area contributed by atoms with Crippen molar-refractivity contribution in [2.45, 2.75) is 13.1 Å². The first-order valence-electron chi connectivity index (χ1n) is 10.4. The van der Waals surface area contributed by atoms with E-state index in [-0.39, 0.29) is 18.1 Å². The number of hydrogen-bond donors (Lipinski definition) is 1. The summed E-state index contributed by atoms with van der Waals surface area (Å²) in [5, 5.41) is 1.82. The molecule has 160 valence electrons. The number of rotatable bonds is 7. The predicted octanol–water partition coefficient (Wildman–Crippen LogP) is 4.81. The molecule has 5 heteroatoms. The summed E-state index contributed by atoms with van der Waals surface area (Å²) in [6, 6.07) is 30.5. The Balaban J connectivity index is 1.47. The van der Waals surface area contributed by atoms with Gasteiger partial charge in [-0.05, 0) is 34.0 Å². The second-order valence-electron chi connectivity index (χ2n) is 7.58. The van der Waals surface area contributed by atoms with Crippen LogP contribution in [0.25, 0.3) is 10.8 Å². The van der Waals surface area contributed by atoms with Gasteiger partial charge in [-0.2, -0.15) is 0 Å². The lowest BCUT2D eigenvalue weighted by Gasteiger charge is -2.23. The zero-order valence-corrected chi connectivity index (χ0v) is 17.6. The molecule has 0 aromatic heterocycles. The molecule has 0 bridgehead atoms. The molecule has 1 amide bonds. The van der Waals surface area contributed by atoms with Gasteiger partial charge in [0.15, 0.2) is 6.61 Å². The summed E-state index contributed by atoms with van der Waals surface area (Å²) in [6.07, 6.45) is 0. The smallest absolute Gasteiger partial charge is 0.340 e. The number of anilines is 1. The first kappa shape index (κ1) is 21.1. The highest BCUT2D eigenvalue weighted by Crippen LogP contribution is 2.22. The first-order chi connectivity index (χ1) is 15.6. The Hall–Kier alpha value is -4.12. The summed E-state index contributed by atoms with van der Waals surface area (Å²) in [6.45, 7) is 0.485. The van der Waals surface area contributed by atoms with Crippen LogP contribution in [0.15, 0.2) is 97.1 Å². The molecule has 5 nitrogen and oxygen atoms in total. The maximum absolute atomic E-state index is 13.0. The number of hydrogen-bond acceptors (Lipinski definition) is 4. The molecule has 4 aromatic rings. The minimum atomic E-state index is -0.610. The van der Waals surface area contributed by atoms with Crippen LogP contribution in [0.1, 0.15) is 21.5 Å². The summed E-state index contributed by atoms with van der Waals surface area (Å²) in [7, 11) is 0. The fraction of sp³-hybridized carbons (Fsp3) is 0.111. The summed E-state index contributed by atoms with van der Waals surface area (Å²) >= 11 is 0. The van der Waals surface area contributed by atoms with Crippen molar-refractivity contribution in [1.82, 2.24) is 4.90 Å². The van der Waals surface area contributed by atoms with E-state index in [0.29, 0.717) is 18.8 Å². The van der Waals surface area contributed by atoms with Gasteiger partial charge in [-0.1, -0.05) is 84.9 Å². The van der Waals surface area contributed by atoms with Crippen molar-refractivity contribution in [1.29, 1.82) is 0 Å². The third-order valence-electron chi connectivity index (χ3n) is 5.25. The van der Waals surface area contributed by atoms with Crippen LogP contribution in [-0.2, 0) is 22.6 Å². The Kier molecular flexibility index (Phi) is 6.46. The van der Waals surface area contributed by atoms with Crippen LogP contribution >= 0.6 is 0 Å². The maximum Gasteiger partial charge on any atom is 0.340 e. The second-order valence-corrected chi connectivity index (χ2v) is 7.58. The van der Waals surface area contributed by atoms with Crippen molar-refractivity contribution >= 4 is 28.3 Å². The van der Waals surface area contributed by atoms with Crippen molar-refractivity contribution in [3.63, 3.8) is 0 Å². The van der Waals surface area contributed by atoms with Gasteiger partial charge < -0.3 is 15.4 Å². The molecule has 2 N–H and O–H groups in total. The average Bonchev–Trinajstić information content (AvgIpc) is 2.83. The molecule has 0 saturated heterocycles. The number of nitrogens with two attached hydrogens (primary N) is 1. The number of carbonyl (C=O) groups is 2. The van der Waals surface area contributed by atoms with Crippen LogP contribution < -0.4 is 5.73 Å². The highest BCUT2D eigenvalue weighted by Gasteiger charge is 2.19. The third kappa shape index (κ3) is 5.13. The van der Waals surface area contributed by atoms with Crippen LogP contribution in [-0.4, -0.2) is 23.4 Å². The quantitative estimate of drug-likeness (QED) is 0.341. The highest BCUT2D eigenvalue weighted by atomic mass is 16.5. The van der Waals surface area contributed by atoms with E-state index in [9.17, 15) is 9.59 Å². The molecular formula is C27H24N2O3. The third-order valence-corrected chi connectivity index (χ3v) is 5.25. The van der Waals surface area contributed by atoms with E-state index in [1.807, 2.05) is 84.9 Å². The van der Waals surface area contributed by atoms with Gasteiger partial charge in [0.2, 0.25) is 0 Å². The fourth-order valence-corrected chi connectivity index (χ4v) is 3.57. The summed E-state index contributed by atoms with van der Waals surface area (Å²) in [4.78, 5) is 27.4. The molecule has 0 unspecified atom stereocenters. The summed E-state index contributed by atoms with van der Waals surface area (Å²) < 4.78 is 5.37. The normalized spacial score (nSPS) is 10.6. The number of carbonyl (C=O) groups excluding carboxylic acids is 2. The molecule has 0 aliphatic carbocycles. The predicted molar refractivity (Wildman–Crippen MR) is 126 cm³/mol. The number of ether oxygens (including phenoxy) is 1. The molecular weight excluding hydrogens is 400 g/mol. The van der Waals surface area contributed by atoms with Gasteiger partial charge in [0.05, 0.1) is 5.56 Å². The lowest BCUT2D eigenvalue weighted by atomic mass is 10.1. The van der Waals surface area contributed by atoms with Crippen molar-refractivity contribution in [3.8, 4) is 0 Å². The largest absolute Gasteiger partial charge is 0.452 e. The van der Waals surface area contributed by atoms with Crippen LogP contribution in [0.3, 0.4) is 0 Å². The summed E-state index contributed by atoms with van der Waals surface area (Å²) in [5.41, 5.74) is 8.65. The fourth-order valence-electron chi connectivity index (χ4n) is 3.57. The number of benzene rings is 4. The van der Waals surface area contributed by atoms with E-state index in [1.54, 1.807) is 17.0 Å². The van der Waals surface area contributed by atoms with Crippen molar-refractivity contribution in [3.05, 3.63) is 114 Å². The van der Waals surface area contributed by atoms with E-state index >= 15 is 0 Å². The molecule has 4 rings (SSSR count). The van der Waals surface area contributed by atoms with Crippen molar-refractivity contribution in [2.75, 3.05) is 12.3 Å². The molecule has 0 aliphatic rings. The molecule has 32 heavy (non-hydrogen) atoms. The van der Waals surface area contributed by atoms with Gasteiger partial charge in [0, 0.05) is 18.8 Å². The highest BCUT2D eigenvalue weighted by molar-refractivity contribution is 6.01. The zero-order valence-electron chi connectivity index (χ0n) is 17.6. The molecule has 0 aliphatic heterocycles. The second kappa shape index (κ2) is 9.79. The molecule has 0 radical (unpaired) electrons.